The number of aliphatic imine (C=N–C) groups is 1. The van der Waals surface area contributed by atoms with E-state index in [0.717, 1.165) is 39.4 Å². The van der Waals surface area contributed by atoms with Gasteiger partial charge < -0.3 is 10.2 Å². The van der Waals surface area contributed by atoms with Crippen molar-refractivity contribution in [2.75, 3.05) is 5.32 Å². The lowest BCUT2D eigenvalue weighted by molar-refractivity contribution is 0.400. The van der Waals surface area contributed by atoms with E-state index in [2.05, 4.69) is 42.5 Å². The van der Waals surface area contributed by atoms with Crippen LogP contribution in [0.15, 0.2) is 90.0 Å². The number of rotatable bonds is 4. The molecule has 1 heterocycles. The second-order valence-electron chi connectivity index (χ2n) is 6.97. The summed E-state index contributed by atoms with van der Waals surface area (Å²) in [7, 11) is 0. The molecule has 1 aliphatic carbocycles. The lowest BCUT2D eigenvalue weighted by Gasteiger charge is -2.30. The Kier molecular flexibility index (Phi) is 5.78. The number of nitrogens with one attached hydrogen (secondary N) is 1. The molecule has 0 saturated heterocycles. The Labute approximate surface area is 166 Å². The summed E-state index contributed by atoms with van der Waals surface area (Å²) in [6, 6.07) is 6.15. The van der Waals surface area contributed by atoms with Crippen LogP contribution in [0, 0.1) is 6.92 Å². The predicted molar refractivity (Wildman–Crippen MR) is 118 cm³/mol. The summed E-state index contributed by atoms with van der Waals surface area (Å²) in [6.07, 6.45) is 10.4. The SMILES string of the molecule is C=C(C)c1ccc(NC2=NC=CN(/C(=C\C)C3=CCC(F)C=C3)C2=C)cc1C. The average molecular weight is 375 g/mol. The Morgan fingerprint density at radius 2 is 2.18 bits per heavy atom. The number of aryl methyl sites for hydroxylation is 1. The van der Waals surface area contributed by atoms with Crippen LogP contribution < -0.4 is 5.32 Å². The van der Waals surface area contributed by atoms with E-state index in [1.54, 1.807) is 12.3 Å². The molecule has 0 amide bonds. The van der Waals surface area contributed by atoms with Gasteiger partial charge in [0, 0.05) is 30.2 Å². The standard InChI is InChI=1S/C24H26FN3/c1-6-23(19-7-9-20(25)10-8-19)28-14-13-26-24(18(28)5)27-21-11-12-22(16(2)3)17(4)15-21/h6-9,11-15,20H,2,5,10H2,1,3-4H3,(H,26,27)/b23-6-. The summed E-state index contributed by atoms with van der Waals surface area (Å²) in [5.41, 5.74) is 6.94. The first kappa shape index (κ1) is 19.6. The van der Waals surface area contributed by atoms with Crippen molar-refractivity contribution in [1.29, 1.82) is 0 Å². The van der Waals surface area contributed by atoms with Crippen LogP contribution in [0.3, 0.4) is 0 Å². The maximum Gasteiger partial charge on any atom is 0.154 e. The van der Waals surface area contributed by atoms with Crippen molar-refractivity contribution in [3.05, 3.63) is 96.2 Å². The van der Waals surface area contributed by atoms with Gasteiger partial charge in [-0.1, -0.05) is 43.0 Å². The smallest absolute Gasteiger partial charge is 0.154 e. The number of benzene rings is 1. The molecule has 2 aliphatic rings. The van der Waals surface area contributed by atoms with E-state index in [1.807, 2.05) is 49.2 Å². The van der Waals surface area contributed by atoms with E-state index in [1.165, 1.54) is 0 Å². The van der Waals surface area contributed by atoms with Crippen molar-refractivity contribution in [3.63, 3.8) is 0 Å². The van der Waals surface area contributed by atoms with Gasteiger partial charge in [-0.2, -0.15) is 0 Å². The van der Waals surface area contributed by atoms with Crippen molar-refractivity contribution in [2.24, 2.45) is 4.99 Å². The maximum atomic E-state index is 13.4. The highest BCUT2D eigenvalue weighted by molar-refractivity contribution is 6.08. The van der Waals surface area contributed by atoms with Crippen LogP contribution in [0.25, 0.3) is 5.57 Å². The fourth-order valence-electron chi connectivity index (χ4n) is 3.37. The summed E-state index contributed by atoms with van der Waals surface area (Å²) in [6.45, 7) is 14.3. The van der Waals surface area contributed by atoms with Crippen molar-refractivity contribution in [3.8, 4) is 0 Å². The minimum absolute atomic E-state index is 0.390. The van der Waals surface area contributed by atoms with Crippen LogP contribution in [0.4, 0.5) is 10.1 Å². The molecular weight excluding hydrogens is 349 g/mol. The minimum atomic E-state index is -0.911. The molecule has 1 N–H and O–H groups in total. The van der Waals surface area contributed by atoms with Gasteiger partial charge >= 0.3 is 0 Å². The van der Waals surface area contributed by atoms with Crippen LogP contribution in [-0.2, 0) is 0 Å². The van der Waals surface area contributed by atoms with Crippen LogP contribution in [0.2, 0.25) is 0 Å². The average Bonchev–Trinajstić information content (AvgIpc) is 2.66. The van der Waals surface area contributed by atoms with Crippen molar-refractivity contribution in [2.45, 2.75) is 33.4 Å². The number of anilines is 1. The van der Waals surface area contributed by atoms with Gasteiger partial charge in [-0.25, -0.2) is 9.38 Å². The van der Waals surface area contributed by atoms with E-state index in [9.17, 15) is 4.39 Å². The molecule has 1 atom stereocenters. The fourth-order valence-corrected chi connectivity index (χ4v) is 3.37. The van der Waals surface area contributed by atoms with E-state index < -0.39 is 6.17 Å². The lowest BCUT2D eigenvalue weighted by atomic mass is 10.0. The van der Waals surface area contributed by atoms with Gasteiger partial charge in [0.1, 0.15) is 6.17 Å². The van der Waals surface area contributed by atoms with Gasteiger partial charge in [-0.3, -0.25) is 0 Å². The van der Waals surface area contributed by atoms with Gasteiger partial charge in [0.05, 0.1) is 5.70 Å². The molecule has 0 radical (unpaired) electrons. The highest BCUT2D eigenvalue weighted by atomic mass is 19.1. The van der Waals surface area contributed by atoms with Crippen LogP contribution in [-0.4, -0.2) is 16.9 Å². The Bertz CT molecular complexity index is 960. The summed E-state index contributed by atoms with van der Waals surface area (Å²) in [5, 5.41) is 3.36. The molecule has 1 aliphatic heterocycles. The second-order valence-corrected chi connectivity index (χ2v) is 6.97. The number of nitrogens with zero attached hydrogens (tertiary/aromatic N) is 2. The molecule has 0 bridgehead atoms. The minimum Gasteiger partial charge on any atom is -0.338 e. The molecular formula is C24H26FN3. The van der Waals surface area contributed by atoms with Gasteiger partial charge in [0.2, 0.25) is 0 Å². The topological polar surface area (TPSA) is 27.6 Å². The van der Waals surface area contributed by atoms with Crippen LogP contribution in [0.5, 0.6) is 0 Å². The Morgan fingerprint density at radius 1 is 1.39 bits per heavy atom. The molecule has 1 unspecified atom stereocenters. The third-order valence-electron chi connectivity index (χ3n) is 4.81. The third kappa shape index (κ3) is 4.06. The second kappa shape index (κ2) is 8.26. The van der Waals surface area contributed by atoms with Gasteiger partial charge in [0.15, 0.2) is 5.84 Å². The zero-order valence-electron chi connectivity index (χ0n) is 16.7. The number of halogens is 1. The fraction of sp³-hybridized carbons (Fsp3) is 0.208. The number of amidine groups is 1. The van der Waals surface area contributed by atoms with Gasteiger partial charge in [0.25, 0.3) is 0 Å². The van der Waals surface area contributed by atoms with Crippen LogP contribution >= 0.6 is 0 Å². The molecule has 0 aromatic heterocycles. The molecule has 144 valence electrons. The summed E-state index contributed by atoms with van der Waals surface area (Å²) in [5.74, 6) is 0.674. The first-order valence-electron chi connectivity index (χ1n) is 9.36. The highest BCUT2D eigenvalue weighted by Gasteiger charge is 2.21. The molecule has 0 spiro atoms. The molecule has 4 heteroatoms. The molecule has 3 rings (SSSR count). The highest BCUT2D eigenvalue weighted by Crippen LogP contribution is 2.28. The van der Waals surface area contributed by atoms with Crippen molar-refractivity contribution < 1.29 is 4.39 Å². The molecule has 28 heavy (non-hydrogen) atoms. The van der Waals surface area contributed by atoms with Crippen LogP contribution in [0.1, 0.15) is 31.4 Å². The molecule has 1 aromatic rings. The zero-order chi connectivity index (χ0) is 20.3. The number of hydrogen-bond donors (Lipinski definition) is 1. The first-order chi connectivity index (χ1) is 13.4. The third-order valence-corrected chi connectivity index (χ3v) is 4.81. The zero-order valence-corrected chi connectivity index (χ0v) is 16.7. The van der Waals surface area contributed by atoms with E-state index in [4.69, 9.17) is 0 Å². The van der Waals surface area contributed by atoms with E-state index in [-0.39, 0.29) is 0 Å². The number of allylic oxidation sites excluding steroid dienone is 5. The number of hydrogen-bond acceptors (Lipinski definition) is 3. The van der Waals surface area contributed by atoms with Crippen molar-refractivity contribution >= 4 is 17.1 Å². The largest absolute Gasteiger partial charge is 0.338 e. The van der Waals surface area contributed by atoms with Gasteiger partial charge in [-0.05, 0) is 55.7 Å². The summed E-state index contributed by atoms with van der Waals surface area (Å²) in [4.78, 5) is 6.43. The monoisotopic (exact) mass is 375 g/mol. The molecule has 1 aromatic carbocycles. The first-order valence-corrected chi connectivity index (χ1v) is 9.36. The lowest BCUT2D eigenvalue weighted by Crippen LogP contribution is -2.29. The molecule has 0 fully saturated rings. The van der Waals surface area contributed by atoms with E-state index in [0.29, 0.717) is 12.3 Å². The summed E-state index contributed by atoms with van der Waals surface area (Å²) >= 11 is 0. The van der Waals surface area contributed by atoms with Crippen molar-refractivity contribution in [1.82, 2.24) is 4.90 Å². The normalized spacial score (nSPS) is 19.4. The van der Waals surface area contributed by atoms with Gasteiger partial charge in [-0.15, -0.1) is 0 Å². The molecule has 0 saturated carbocycles. The Hall–Kier alpha value is -3.14. The molecule has 3 nitrogen and oxygen atoms in total. The van der Waals surface area contributed by atoms with E-state index >= 15 is 0 Å². The summed E-state index contributed by atoms with van der Waals surface area (Å²) < 4.78 is 13.4. The number of alkyl halides is 1. The predicted octanol–water partition coefficient (Wildman–Crippen LogP) is 6.27. The quantitative estimate of drug-likeness (QED) is 0.672. The Balaban J connectivity index is 1.80. The maximum absolute atomic E-state index is 13.4. The Morgan fingerprint density at radius 3 is 2.79 bits per heavy atom.